The molecule has 0 radical (unpaired) electrons. The zero-order valence-electron chi connectivity index (χ0n) is 5.53. The highest BCUT2D eigenvalue weighted by atomic mass is 19.4. The van der Waals surface area contributed by atoms with Gasteiger partial charge in [-0.1, -0.05) is 0 Å². The van der Waals surface area contributed by atoms with Gasteiger partial charge in [-0.3, -0.25) is 9.78 Å². The number of nitrogens with one attached hydrogen (secondary N) is 2. The van der Waals surface area contributed by atoms with Crippen molar-refractivity contribution in [1.29, 1.82) is 0 Å². The highest BCUT2D eigenvalue weighted by Crippen LogP contribution is 2.24. The molecule has 0 aliphatic carbocycles. The lowest BCUT2D eigenvalue weighted by atomic mass is 10.3. The molecule has 0 bridgehead atoms. The third-order valence-electron chi connectivity index (χ3n) is 1.12. The minimum atomic E-state index is -4.74. The van der Waals surface area contributed by atoms with Gasteiger partial charge in [0.05, 0.1) is 0 Å². The van der Waals surface area contributed by atoms with Crippen molar-refractivity contribution < 1.29 is 13.2 Å². The fourth-order valence-electron chi connectivity index (χ4n) is 0.620. The fraction of sp³-hybridized carbons (Fsp3) is 0.200. The number of aromatic nitrogens is 2. The molecule has 0 saturated carbocycles. The topological polar surface area (TPSA) is 65.7 Å². The van der Waals surface area contributed by atoms with E-state index in [9.17, 15) is 22.8 Å². The molecule has 0 atom stereocenters. The predicted octanol–water partition coefficient (Wildman–Crippen LogP) is 0.0820. The molecule has 12 heavy (non-hydrogen) atoms. The highest BCUT2D eigenvalue weighted by molar-refractivity contribution is 5.07. The van der Waals surface area contributed by atoms with Crippen molar-refractivity contribution in [2.45, 2.75) is 6.18 Å². The Kier molecular flexibility index (Phi) is 1.79. The molecule has 7 heteroatoms. The summed E-state index contributed by atoms with van der Waals surface area (Å²) in [6.45, 7) is 0. The number of H-pyrrole nitrogens is 2. The van der Waals surface area contributed by atoms with Gasteiger partial charge in [0.2, 0.25) is 0 Å². The number of aromatic amines is 2. The van der Waals surface area contributed by atoms with Crippen molar-refractivity contribution in [3.8, 4) is 0 Å². The van der Waals surface area contributed by atoms with Crippen molar-refractivity contribution >= 4 is 0 Å². The number of hydrogen-bond donors (Lipinski definition) is 2. The second kappa shape index (κ2) is 2.50. The molecular formula is C5H3F3N2O2. The fourth-order valence-corrected chi connectivity index (χ4v) is 0.620. The van der Waals surface area contributed by atoms with Crippen LogP contribution in [0.1, 0.15) is 5.56 Å². The Morgan fingerprint density at radius 2 is 1.83 bits per heavy atom. The van der Waals surface area contributed by atoms with Crippen LogP contribution in [0, 0.1) is 0 Å². The SMILES string of the molecule is O=c1[15nH][13c](=O)[15nH]cc1C(F)(F)F. The van der Waals surface area contributed by atoms with E-state index in [2.05, 4.69) is 0 Å². The summed E-state index contributed by atoms with van der Waals surface area (Å²) in [6, 6.07) is 0. The monoisotopic (exact) mass is 183 g/mol. The van der Waals surface area contributed by atoms with Gasteiger partial charge in [-0.2, -0.15) is 13.2 Å². The molecule has 0 aliphatic rings. The van der Waals surface area contributed by atoms with Gasteiger partial charge in [-0.25, -0.2) is 4.79 Å². The molecule has 66 valence electrons. The third-order valence-corrected chi connectivity index (χ3v) is 1.12. The summed E-state index contributed by atoms with van der Waals surface area (Å²) < 4.78 is 35.5. The van der Waals surface area contributed by atoms with Crippen LogP contribution in [0.5, 0.6) is 0 Å². The molecule has 4 nitrogen and oxygen atoms in total. The van der Waals surface area contributed by atoms with Crippen molar-refractivity contribution in [1.82, 2.24) is 9.97 Å². The van der Waals surface area contributed by atoms with Crippen LogP contribution in [-0.4, -0.2) is 9.97 Å². The van der Waals surface area contributed by atoms with Gasteiger partial charge in [-0.05, 0) is 0 Å². The van der Waals surface area contributed by atoms with E-state index in [-0.39, 0.29) is 0 Å². The molecule has 0 saturated heterocycles. The van der Waals surface area contributed by atoms with Crippen molar-refractivity contribution in [2.75, 3.05) is 0 Å². The first-order chi connectivity index (χ1) is 5.41. The van der Waals surface area contributed by atoms with Crippen LogP contribution in [-0.2, 0) is 6.18 Å². The largest absolute Gasteiger partial charge is 0.423 e. The number of rotatable bonds is 0. The van der Waals surface area contributed by atoms with E-state index in [4.69, 9.17) is 0 Å². The summed E-state index contributed by atoms with van der Waals surface area (Å²) in [4.78, 5) is 24.0. The van der Waals surface area contributed by atoms with Crippen LogP contribution in [0.2, 0.25) is 0 Å². The lowest BCUT2D eigenvalue weighted by Gasteiger charge is -2.02. The van der Waals surface area contributed by atoms with Crippen LogP contribution in [0.15, 0.2) is 15.8 Å². The summed E-state index contributed by atoms with van der Waals surface area (Å²) in [5.74, 6) is 0. The maximum absolute atomic E-state index is 11.8. The van der Waals surface area contributed by atoms with Gasteiger partial charge >= 0.3 is 11.9 Å². The summed E-state index contributed by atoms with van der Waals surface area (Å²) >= 11 is 0. The first-order valence-electron chi connectivity index (χ1n) is 2.80. The molecule has 0 unspecified atom stereocenters. The molecule has 0 fully saturated rings. The summed E-state index contributed by atoms with van der Waals surface area (Å²) in [5.41, 5.74) is -3.82. The van der Waals surface area contributed by atoms with Gasteiger partial charge in [-0.15, -0.1) is 0 Å². The van der Waals surface area contributed by atoms with Crippen LogP contribution >= 0.6 is 0 Å². The van der Waals surface area contributed by atoms with Gasteiger partial charge in [0, 0.05) is 6.20 Å². The van der Waals surface area contributed by atoms with Crippen molar-refractivity contribution in [2.24, 2.45) is 0 Å². The quantitative estimate of drug-likeness (QED) is 0.598. The lowest BCUT2D eigenvalue weighted by molar-refractivity contribution is -0.139. The normalized spacial score (nSPS) is 11.6. The van der Waals surface area contributed by atoms with E-state index < -0.39 is 23.0 Å². The second-order valence-electron chi connectivity index (χ2n) is 1.98. The van der Waals surface area contributed by atoms with E-state index >= 15 is 0 Å². The average molecular weight is 183 g/mol. The third kappa shape index (κ3) is 1.55. The van der Waals surface area contributed by atoms with Crippen molar-refractivity contribution in [3.63, 3.8) is 0 Å². The molecule has 0 aliphatic heterocycles. The maximum Gasteiger partial charge on any atom is 0.423 e. The van der Waals surface area contributed by atoms with Crippen molar-refractivity contribution in [3.05, 3.63) is 32.6 Å². The average Bonchev–Trinajstić information content (AvgIpc) is 1.83. The number of alkyl halides is 3. The van der Waals surface area contributed by atoms with E-state index in [0.29, 0.717) is 6.20 Å². The van der Waals surface area contributed by atoms with Crippen LogP contribution in [0.3, 0.4) is 0 Å². The van der Waals surface area contributed by atoms with Gasteiger partial charge in [0.25, 0.3) is 5.56 Å². The zero-order valence-corrected chi connectivity index (χ0v) is 5.53. The zero-order chi connectivity index (χ0) is 9.35. The first-order valence-corrected chi connectivity index (χ1v) is 2.80. The van der Waals surface area contributed by atoms with E-state index in [1.807, 2.05) is 0 Å². The summed E-state index contributed by atoms with van der Waals surface area (Å²) in [6.07, 6.45) is -4.40. The molecule has 1 aromatic rings. The Bertz CT molecular complexity index is 389. The Labute approximate surface area is 63.1 Å². The molecule has 0 amide bonds. The standard InChI is InChI=1S/C5H3F3N2O2/c6-5(7,8)2-1-9-4(12)10-3(2)11/h1H,(H2,9,10,11,12)/i4+1,9+1,10+1. The Balaban J connectivity index is 3.39. The maximum atomic E-state index is 11.8. The number of halogens is 3. The molecular weight excluding hydrogens is 180 g/mol. The minimum Gasteiger partial charge on any atom is -0.313 e. The van der Waals surface area contributed by atoms with E-state index in [0.717, 1.165) is 0 Å². The van der Waals surface area contributed by atoms with E-state index in [1.54, 1.807) is 4.98 Å². The summed E-state index contributed by atoms with van der Waals surface area (Å²) in [5, 5.41) is 0. The van der Waals surface area contributed by atoms with E-state index in [1.165, 1.54) is 4.98 Å². The minimum absolute atomic E-state index is 0.334. The van der Waals surface area contributed by atoms with Crippen LogP contribution in [0.4, 0.5) is 13.2 Å². The van der Waals surface area contributed by atoms with Crippen LogP contribution in [0.25, 0.3) is 0 Å². The first kappa shape index (κ1) is 8.57. The molecule has 1 heterocycles. The Hall–Kier alpha value is -1.53. The molecule has 0 aromatic carbocycles. The predicted molar refractivity (Wildman–Crippen MR) is 32.7 cm³/mol. The highest BCUT2D eigenvalue weighted by Gasteiger charge is 2.34. The van der Waals surface area contributed by atoms with Gasteiger partial charge in [0.15, 0.2) is 0 Å². The Morgan fingerprint density at radius 1 is 1.25 bits per heavy atom. The molecule has 2 N–H and O–H groups in total. The molecule has 0 spiro atoms. The second-order valence-corrected chi connectivity index (χ2v) is 1.98. The smallest absolute Gasteiger partial charge is 0.313 e. The summed E-state index contributed by atoms with van der Waals surface area (Å²) in [7, 11) is 0. The lowest BCUT2D eigenvalue weighted by Crippen LogP contribution is -2.28. The van der Waals surface area contributed by atoms with Crippen LogP contribution < -0.4 is 11.2 Å². The van der Waals surface area contributed by atoms with Gasteiger partial charge < -0.3 is 4.98 Å². The van der Waals surface area contributed by atoms with Gasteiger partial charge in [0.1, 0.15) is 5.56 Å². The number of hydrogen-bond acceptors (Lipinski definition) is 2. The molecule has 1 rings (SSSR count). The Morgan fingerprint density at radius 3 is 2.25 bits per heavy atom. The molecule has 1 aromatic heterocycles.